The molecule has 3 fully saturated rings. The zero-order chi connectivity index (χ0) is 22.9. The Labute approximate surface area is 203 Å². The number of nitrogens with zero attached hydrogens (tertiary/aromatic N) is 5. The Bertz CT molecular complexity index is 1160. The first-order chi connectivity index (χ1) is 16.7. The number of ether oxygens (including phenoxy) is 1. The summed E-state index contributed by atoms with van der Waals surface area (Å²) in [6.07, 6.45) is 4.21. The molecule has 178 valence electrons. The molecule has 1 aromatic carbocycles. The van der Waals surface area contributed by atoms with Crippen molar-refractivity contribution in [2.75, 3.05) is 37.7 Å². The van der Waals surface area contributed by atoms with Crippen LogP contribution in [-0.4, -0.2) is 64.6 Å². The number of hydrogen-bond acceptors (Lipinski definition) is 8. The number of thiazole rings is 1. The molecule has 1 saturated carbocycles. The number of morpholine rings is 1. The molecule has 34 heavy (non-hydrogen) atoms. The highest BCUT2D eigenvalue weighted by Crippen LogP contribution is 2.44. The smallest absolute Gasteiger partial charge is 0.243 e. The van der Waals surface area contributed by atoms with Crippen LogP contribution in [0.3, 0.4) is 0 Å². The summed E-state index contributed by atoms with van der Waals surface area (Å²) in [5, 5.41) is 4.02. The fourth-order valence-corrected chi connectivity index (χ4v) is 5.99. The summed E-state index contributed by atoms with van der Waals surface area (Å²) in [5.41, 5.74) is 3.05. The first-order valence-electron chi connectivity index (χ1n) is 12.3. The second kappa shape index (κ2) is 9.56. The molecule has 0 bridgehead atoms. The van der Waals surface area contributed by atoms with E-state index in [2.05, 4.69) is 15.1 Å². The zero-order valence-corrected chi connectivity index (χ0v) is 20.1. The van der Waals surface area contributed by atoms with Crippen LogP contribution in [0.2, 0.25) is 0 Å². The van der Waals surface area contributed by atoms with Gasteiger partial charge in [-0.3, -0.25) is 9.69 Å². The molecule has 0 radical (unpaired) electrons. The van der Waals surface area contributed by atoms with Gasteiger partial charge in [-0.15, -0.1) is 0 Å². The molecule has 1 atom stereocenters. The zero-order valence-electron chi connectivity index (χ0n) is 19.3. The fourth-order valence-electron chi connectivity index (χ4n) is 4.84. The van der Waals surface area contributed by atoms with Crippen molar-refractivity contribution in [2.24, 2.45) is 0 Å². The first kappa shape index (κ1) is 21.9. The van der Waals surface area contributed by atoms with Crippen molar-refractivity contribution in [3.05, 3.63) is 47.4 Å². The average Bonchev–Trinajstić information content (AvgIpc) is 3.43. The van der Waals surface area contributed by atoms with Gasteiger partial charge in [-0.2, -0.15) is 4.98 Å². The molecule has 1 N–H and O–H groups in total. The Morgan fingerprint density at radius 3 is 2.68 bits per heavy atom. The van der Waals surface area contributed by atoms with Gasteiger partial charge < -0.3 is 15.0 Å². The molecule has 4 heterocycles. The summed E-state index contributed by atoms with van der Waals surface area (Å²) < 4.78 is 6.58. The third-order valence-corrected chi connectivity index (χ3v) is 7.96. The number of carbonyl (C=O) groups excluding carboxylic acids is 1. The summed E-state index contributed by atoms with van der Waals surface area (Å²) >= 11 is 1.66. The minimum atomic E-state index is -0.186. The lowest BCUT2D eigenvalue weighted by molar-refractivity contribution is -0.122. The van der Waals surface area contributed by atoms with Gasteiger partial charge in [0.15, 0.2) is 10.8 Å². The second-order valence-corrected chi connectivity index (χ2v) is 10.4. The van der Waals surface area contributed by atoms with E-state index in [-0.39, 0.29) is 11.9 Å². The van der Waals surface area contributed by atoms with Crippen LogP contribution in [0.4, 0.5) is 5.13 Å². The van der Waals surface area contributed by atoms with Gasteiger partial charge in [-0.1, -0.05) is 41.7 Å². The third-order valence-electron chi connectivity index (χ3n) is 6.86. The van der Waals surface area contributed by atoms with Crippen molar-refractivity contribution in [1.82, 2.24) is 25.2 Å². The summed E-state index contributed by atoms with van der Waals surface area (Å²) in [6.45, 7) is 5.48. The van der Waals surface area contributed by atoms with Crippen LogP contribution < -0.4 is 10.2 Å². The van der Waals surface area contributed by atoms with Gasteiger partial charge >= 0.3 is 0 Å². The second-order valence-electron chi connectivity index (χ2n) is 9.39. The van der Waals surface area contributed by atoms with Gasteiger partial charge in [0.05, 0.1) is 30.2 Å². The van der Waals surface area contributed by atoms with Crippen LogP contribution in [0, 0.1) is 0 Å². The van der Waals surface area contributed by atoms with E-state index in [4.69, 9.17) is 19.7 Å². The van der Waals surface area contributed by atoms with Gasteiger partial charge in [0.2, 0.25) is 5.91 Å². The number of amides is 1. The van der Waals surface area contributed by atoms with Gasteiger partial charge in [0, 0.05) is 32.1 Å². The molecule has 3 aromatic rings. The number of benzene rings is 1. The molecular weight excluding hydrogens is 448 g/mol. The molecule has 1 aliphatic carbocycles. The van der Waals surface area contributed by atoms with E-state index in [1.54, 1.807) is 11.3 Å². The lowest BCUT2D eigenvalue weighted by atomic mass is 10.2. The lowest BCUT2D eigenvalue weighted by Crippen LogP contribution is -2.43. The number of nitrogens with one attached hydrogen (secondary N) is 1. The number of anilines is 1. The average molecular weight is 479 g/mol. The van der Waals surface area contributed by atoms with Crippen molar-refractivity contribution in [3.63, 3.8) is 0 Å². The van der Waals surface area contributed by atoms with E-state index in [0.717, 1.165) is 84.8 Å². The summed E-state index contributed by atoms with van der Waals surface area (Å²) in [5.74, 6) is 1.44. The van der Waals surface area contributed by atoms with Gasteiger partial charge in [0.25, 0.3) is 0 Å². The predicted molar refractivity (Wildman–Crippen MR) is 132 cm³/mol. The molecule has 3 aliphatic rings. The van der Waals surface area contributed by atoms with Crippen LogP contribution >= 0.6 is 11.3 Å². The Balaban J connectivity index is 1.23. The Hall–Kier alpha value is -2.62. The normalized spacial score (nSPS) is 21.3. The van der Waals surface area contributed by atoms with E-state index in [1.165, 1.54) is 12.8 Å². The third kappa shape index (κ3) is 4.64. The number of carbonyl (C=O) groups is 1. The Kier molecular flexibility index (Phi) is 6.15. The van der Waals surface area contributed by atoms with E-state index in [1.807, 2.05) is 30.3 Å². The van der Waals surface area contributed by atoms with Crippen LogP contribution in [-0.2, 0) is 22.6 Å². The monoisotopic (exact) mass is 478 g/mol. The van der Waals surface area contributed by atoms with Gasteiger partial charge in [0.1, 0.15) is 11.9 Å². The van der Waals surface area contributed by atoms with Crippen molar-refractivity contribution in [3.8, 4) is 0 Å². The fraction of sp³-hybridized carbons (Fsp3) is 0.520. The molecule has 1 amide bonds. The minimum absolute atomic E-state index is 0.0714. The summed E-state index contributed by atoms with van der Waals surface area (Å²) in [6, 6.07) is 9.86. The Morgan fingerprint density at radius 2 is 1.88 bits per heavy atom. The van der Waals surface area contributed by atoms with Crippen LogP contribution in [0.15, 0.2) is 30.3 Å². The summed E-state index contributed by atoms with van der Waals surface area (Å²) in [7, 11) is 0. The van der Waals surface area contributed by atoms with Crippen molar-refractivity contribution >= 4 is 32.7 Å². The Morgan fingerprint density at radius 1 is 1.06 bits per heavy atom. The maximum absolute atomic E-state index is 13.1. The van der Waals surface area contributed by atoms with E-state index in [9.17, 15) is 4.79 Å². The molecule has 2 aliphatic heterocycles. The SMILES string of the molecule is O=C(NCc1ccccc1)[C@H]1CCCN1c1nc2nc(CN3CCOCC3)nc(C3CC3)c2s1. The quantitative estimate of drug-likeness (QED) is 0.559. The highest BCUT2D eigenvalue weighted by atomic mass is 32.1. The molecule has 2 aromatic heterocycles. The lowest BCUT2D eigenvalue weighted by Gasteiger charge is -2.25. The molecule has 0 spiro atoms. The van der Waals surface area contributed by atoms with Crippen molar-refractivity contribution in [2.45, 2.75) is 50.7 Å². The van der Waals surface area contributed by atoms with Crippen LogP contribution in [0.1, 0.15) is 48.7 Å². The van der Waals surface area contributed by atoms with Crippen molar-refractivity contribution in [1.29, 1.82) is 0 Å². The van der Waals surface area contributed by atoms with E-state index in [0.29, 0.717) is 12.5 Å². The standard InChI is InChI=1S/C25H30N6O2S/c32-24(26-15-17-5-2-1-3-6-17)19-7-4-10-31(19)25-29-23-22(34-25)21(18-8-9-18)27-20(28-23)16-30-11-13-33-14-12-30/h1-3,5-6,18-19H,4,7-16H2,(H,26,32)/t19-/m1/s1. The van der Waals surface area contributed by atoms with E-state index < -0.39 is 0 Å². The minimum Gasteiger partial charge on any atom is -0.379 e. The van der Waals surface area contributed by atoms with Crippen LogP contribution in [0.5, 0.6) is 0 Å². The number of hydrogen-bond donors (Lipinski definition) is 1. The number of fused-ring (bicyclic) bond motifs is 1. The molecular formula is C25H30N6O2S. The molecule has 0 unspecified atom stereocenters. The van der Waals surface area contributed by atoms with Gasteiger partial charge in [-0.25, -0.2) is 9.97 Å². The molecule has 8 nitrogen and oxygen atoms in total. The number of aromatic nitrogens is 3. The number of rotatable bonds is 7. The molecule has 9 heteroatoms. The first-order valence-corrected chi connectivity index (χ1v) is 13.1. The summed E-state index contributed by atoms with van der Waals surface area (Å²) in [4.78, 5) is 32.4. The van der Waals surface area contributed by atoms with Crippen LogP contribution in [0.25, 0.3) is 10.3 Å². The maximum Gasteiger partial charge on any atom is 0.243 e. The predicted octanol–water partition coefficient (Wildman–Crippen LogP) is 3.08. The van der Waals surface area contributed by atoms with Gasteiger partial charge in [-0.05, 0) is 31.2 Å². The highest BCUT2D eigenvalue weighted by Gasteiger charge is 2.35. The topological polar surface area (TPSA) is 83.5 Å². The highest BCUT2D eigenvalue weighted by molar-refractivity contribution is 7.22. The van der Waals surface area contributed by atoms with Crippen molar-refractivity contribution < 1.29 is 9.53 Å². The molecule has 6 rings (SSSR count). The maximum atomic E-state index is 13.1. The largest absolute Gasteiger partial charge is 0.379 e. The van der Waals surface area contributed by atoms with E-state index >= 15 is 0 Å². The molecule has 2 saturated heterocycles.